The molecule has 4 atom stereocenters. The predicted octanol–water partition coefficient (Wildman–Crippen LogP) is 8.66. The fourth-order valence-electron chi connectivity index (χ4n) is 5.84. The first-order valence-electron chi connectivity index (χ1n) is 15.4. The van der Waals surface area contributed by atoms with Crippen molar-refractivity contribution in [2.45, 2.75) is 77.8 Å². The second-order valence-electron chi connectivity index (χ2n) is 11.2. The zero-order valence-corrected chi connectivity index (χ0v) is 26.7. The van der Waals surface area contributed by atoms with Crippen LogP contribution in [0.15, 0.2) is 84.9 Å². The number of aliphatic hydroxyl groups excluding tert-OH is 2. The molecule has 234 valence electrons. The highest BCUT2D eigenvalue weighted by atomic mass is 16.5. The summed E-state index contributed by atoms with van der Waals surface area (Å²) in [6.45, 7) is 8.60. The summed E-state index contributed by atoms with van der Waals surface area (Å²) in [7, 11) is 3.26. The number of aliphatic hydroxyl groups is 2. The predicted molar refractivity (Wildman–Crippen MR) is 175 cm³/mol. The Kier molecular flexibility index (Phi) is 11.7. The van der Waals surface area contributed by atoms with Gasteiger partial charge >= 0.3 is 0 Å². The molecule has 4 aromatic rings. The molecule has 0 spiro atoms. The van der Waals surface area contributed by atoms with E-state index in [-0.39, 0.29) is 11.8 Å². The molecule has 0 amide bonds. The topological polar surface area (TPSA) is 77.4 Å². The van der Waals surface area contributed by atoms with Crippen LogP contribution in [0, 0.1) is 0 Å². The average molecular weight is 599 g/mol. The van der Waals surface area contributed by atoms with E-state index in [9.17, 15) is 10.2 Å². The minimum Gasteiger partial charge on any atom is -0.493 e. The first-order chi connectivity index (χ1) is 21.3. The Morgan fingerprint density at radius 2 is 0.932 bits per heavy atom. The Labute approximate surface area is 262 Å². The third kappa shape index (κ3) is 7.74. The van der Waals surface area contributed by atoms with E-state index in [1.807, 2.05) is 84.9 Å². The zero-order valence-electron chi connectivity index (χ0n) is 26.7. The lowest BCUT2D eigenvalue weighted by molar-refractivity contribution is 0.197. The monoisotopic (exact) mass is 598 g/mol. The van der Waals surface area contributed by atoms with Crippen molar-refractivity contribution in [1.82, 2.24) is 0 Å². The number of hydrogen-bond donors (Lipinski definition) is 2. The van der Waals surface area contributed by atoms with Gasteiger partial charge in [-0.2, -0.15) is 0 Å². The molecule has 4 rings (SSSR count). The van der Waals surface area contributed by atoms with Crippen LogP contribution in [0.25, 0.3) is 0 Å². The van der Waals surface area contributed by atoms with Crippen LogP contribution in [0.3, 0.4) is 0 Å². The molecule has 6 nitrogen and oxygen atoms in total. The van der Waals surface area contributed by atoms with Crippen LogP contribution in [-0.2, 0) is 13.2 Å². The second-order valence-corrected chi connectivity index (χ2v) is 11.2. The maximum Gasteiger partial charge on any atom is 0.165 e. The molecule has 0 aliphatic heterocycles. The smallest absolute Gasteiger partial charge is 0.165 e. The normalized spacial score (nSPS) is 13.9. The van der Waals surface area contributed by atoms with Crippen molar-refractivity contribution in [3.05, 3.63) is 118 Å². The molecule has 0 bridgehead atoms. The Morgan fingerprint density at radius 1 is 0.568 bits per heavy atom. The standard InChI is InChI=1S/C38H46O6/c1-7-31(33-19-29(25(3)39)21-35(41-5)37(33)43-23-27-15-11-9-12-16-27)32(8-2)34-20-30(26(4)40)22-36(42-6)38(34)44-24-28-17-13-10-14-18-28/h9-22,25-26,31-32,39-40H,7-8,23-24H2,1-6H3/t25-,26-,31?,32?/m1/s1. The Hall–Kier alpha value is -4.00. The highest BCUT2D eigenvalue weighted by molar-refractivity contribution is 5.56. The van der Waals surface area contributed by atoms with Gasteiger partial charge in [0.2, 0.25) is 0 Å². The van der Waals surface area contributed by atoms with E-state index >= 15 is 0 Å². The summed E-state index contributed by atoms with van der Waals surface area (Å²) in [5.74, 6) is 2.42. The van der Waals surface area contributed by atoms with Crippen molar-refractivity contribution in [2.24, 2.45) is 0 Å². The molecule has 2 unspecified atom stereocenters. The molecule has 4 aromatic carbocycles. The number of rotatable bonds is 15. The second kappa shape index (κ2) is 15.6. The molecule has 0 radical (unpaired) electrons. The van der Waals surface area contributed by atoms with Crippen molar-refractivity contribution >= 4 is 0 Å². The van der Waals surface area contributed by atoms with Crippen LogP contribution in [0.4, 0.5) is 0 Å². The fourth-order valence-corrected chi connectivity index (χ4v) is 5.84. The minimum absolute atomic E-state index is 0.0357. The average Bonchev–Trinajstić information content (AvgIpc) is 3.05. The van der Waals surface area contributed by atoms with E-state index < -0.39 is 12.2 Å². The van der Waals surface area contributed by atoms with Gasteiger partial charge < -0.3 is 29.2 Å². The molecular weight excluding hydrogens is 552 g/mol. The van der Waals surface area contributed by atoms with Gasteiger partial charge in [-0.15, -0.1) is 0 Å². The third-order valence-corrected chi connectivity index (χ3v) is 8.23. The Balaban J connectivity index is 1.87. The van der Waals surface area contributed by atoms with E-state index in [0.717, 1.165) is 46.2 Å². The molecule has 6 heteroatoms. The third-order valence-electron chi connectivity index (χ3n) is 8.23. The molecule has 0 aromatic heterocycles. The molecule has 0 saturated carbocycles. The maximum atomic E-state index is 10.7. The van der Waals surface area contributed by atoms with Gasteiger partial charge in [0.05, 0.1) is 26.4 Å². The van der Waals surface area contributed by atoms with Gasteiger partial charge in [0, 0.05) is 11.1 Å². The summed E-state index contributed by atoms with van der Waals surface area (Å²) in [6, 6.07) is 27.9. The van der Waals surface area contributed by atoms with Crippen LogP contribution >= 0.6 is 0 Å². The van der Waals surface area contributed by atoms with E-state index in [2.05, 4.69) is 13.8 Å². The lowest BCUT2D eigenvalue weighted by atomic mass is 9.76. The van der Waals surface area contributed by atoms with Crippen LogP contribution < -0.4 is 18.9 Å². The lowest BCUT2D eigenvalue weighted by Crippen LogP contribution is -2.16. The van der Waals surface area contributed by atoms with Crippen LogP contribution in [0.5, 0.6) is 23.0 Å². The largest absolute Gasteiger partial charge is 0.493 e. The Morgan fingerprint density at radius 3 is 1.23 bits per heavy atom. The van der Waals surface area contributed by atoms with Crippen LogP contribution in [0.1, 0.15) is 98.0 Å². The first kappa shape index (κ1) is 32.9. The van der Waals surface area contributed by atoms with Crippen molar-refractivity contribution in [2.75, 3.05) is 14.2 Å². The van der Waals surface area contributed by atoms with Crippen LogP contribution in [0.2, 0.25) is 0 Å². The van der Waals surface area contributed by atoms with Gasteiger partial charge in [-0.05, 0) is 85.0 Å². The van der Waals surface area contributed by atoms with Gasteiger partial charge in [0.15, 0.2) is 23.0 Å². The minimum atomic E-state index is -0.688. The van der Waals surface area contributed by atoms with Crippen molar-refractivity contribution in [3.63, 3.8) is 0 Å². The SMILES string of the molecule is CCC(c1cc([C@@H](C)O)cc(OC)c1OCc1ccccc1)C(CC)c1cc([C@@H](C)O)cc(OC)c1OCc1ccccc1. The van der Waals surface area contributed by atoms with Crippen molar-refractivity contribution in [3.8, 4) is 23.0 Å². The van der Waals surface area contributed by atoms with E-state index in [4.69, 9.17) is 18.9 Å². The number of benzene rings is 4. The number of hydrogen-bond acceptors (Lipinski definition) is 6. The van der Waals surface area contributed by atoms with Gasteiger partial charge in [-0.3, -0.25) is 0 Å². The lowest BCUT2D eigenvalue weighted by Gasteiger charge is -2.31. The summed E-state index contributed by atoms with van der Waals surface area (Å²) in [5.41, 5.74) is 5.53. The molecule has 0 saturated heterocycles. The number of methoxy groups -OCH3 is 2. The van der Waals surface area contributed by atoms with Gasteiger partial charge in [-0.25, -0.2) is 0 Å². The number of ether oxygens (including phenoxy) is 4. The van der Waals surface area contributed by atoms with E-state index in [1.54, 1.807) is 28.1 Å². The highest BCUT2D eigenvalue weighted by Crippen LogP contribution is 2.50. The summed E-state index contributed by atoms with van der Waals surface area (Å²) >= 11 is 0. The molecule has 44 heavy (non-hydrogen) atoms. The van der Waals surface area contributed by atoms with E-state index in [0.29, 0.717) is 36.2 Å². The van der Waals surface area contributed by atoms with Crippen molar-refractivity contribution < 1.29 is 29.2 Å². The molecule has 0 aliphatic rings. The van der Waals surface area contributed by atoms with Gasteiger partial charge in [-0.1, -0.05) is 74.5 Å². The summed E-state index contributed by atoms with van der Waals surface area (Å²) in [6.07, 6.45) is 0.191. The zero-order chi connectivity index (χ0) is 31.6. The van der Waals surface area contributed by atoms with Crippen molar-refractivity contribution in [1.29, 1.82) is 0 Å². The van der Waals surface area contributed by atoms with Crippen LogP contribution in [-0.4, -0.2) is 24.4 Å². The molecule has 0 heterocycles. The maximum absolute atomic E-state index is 10.7. The van der Waals surface area contributed by atoms with E-state index in [1.165, 1.54) is 0 Å². The van der Waals surface area contributed by atoms with Gasteiger partial charge in [0.1, 0.15) is 13.2 Å². The molecule has 0 aliphatic carbocycles. The summed E-state index contributed by atoms with van der Waals surface area (Å²) in [5, 5.41) is 21.3. The molecular formula is C38H46O6. The molecule has 2 N–H and O–H groups in total. The Bertz CT molecular complexity index is 1350. The van der Waals surface area contributed by atoms with Gasteiger partial charge in [0.25, 0.3) is 0 Å². The molecule has 0 fully saturated rings. The first-order valence-corrected chi connectivity index (χ1v) is 15.4. The summed E-state index contributed by atoms with van der Waals surface area (Å²) < 4.78 is 24.8. The summed E-state index contributed by atoms with van der Waals surface area (Å²) in [4.78, 5) is 0. The highest BCUT2D eigenvalue weighted by Gasteiger charge is 2.32. The fraction of sp³-hybridized carbons (Fsp3) is 0.368. The quantitative estimate of drug-likeness (QED) is 0.143.